The number of hydrogen-bond donors (Lipinski definition) is 0. The van der Waals surface area contributed by atoms with E-state index in [-0.39, 0.29) is 12.2 Å². The van der Waals surface area contributed by atoms with Crippen molar-refractivity contribution in [3.8, 4) is 0 Å². The van der Waals surface area contributed by atoms with E-state index in [9.17, 15) is 4.79 Å². The maximum Gasteiger partial charge on any atom is 0.234 e. The molecule has 0 radical (unpaired) electrons. The highest BCUT2D eigenvalue weighted by atomic mass is 16.5. The Hall–Kier alpha value is -1.19. The summed E-state index contributed by atoms with van der Waals surface area (Å²) in [5.41, 5.74) is 0. The maximum absolute atomic E-state index is 10.7. The number of ketones is 1. The molecule has 1 atom stereocenters. The van der Waals surface area contributed by atoms with Crippen LogP contribution in [0.5, 0.6) is 0 Å². The van der Waals surface area contributed by atoms with Gasteiger partial charge in [0.05, 0.1) is 6.42 Å². The number of carbonyl (C=O) groups excluding carboxylic acids is 1. The molecule has 0 bridgehead atoms. The third-order valence-corrected chi connectivity index (χ3v) is 1.94. The number of Topliss-reactive ketones (excluding diaryl/α,β-unsaturated/α-hetero) is 1. The van der Waals surface area contributed by atoms with Gasteiger partial charge in [0.25, 0.3) is 0 Å². The molecule has 1 unspecified atom stereocenters. The van der Waals surface area contributed by atoms with E-state index in [4.69, 9.17) is 4.52 Å². The molecule has 4 heteroatoms. The molecule has 1 aromatic rings. The third kappa shape index (κ3) is 2.65. The van der Waals surface area contributed by atoms with E-state index in [0.29, 0.717) is 17.6 Å². The molecule has 0 amide bonds. The summed E-state index contributed by atoms with van der Waals surface area (Å²) in [6.07, 6.45) is 1.21. The van der Waals surface area contributed by atoms with Crippen LogP contribution in [0.15, 0.2) is 4.52 Å². The number of rotatable bonds is 4. The Labute approximate surface area is 77.3 Å². The van der Waals surface area contributed by atoms with Crippen molar-refractivity contribution in [3.05, 3.63) is 11.7 Å². The topological polar surface area (TPSA) is 56.0 Å². The van der Waals surface area contributed by atoms with Gasteiger partial charge in [-0.1, -0.05) is 19.0 Å². The Morgan fingerprint density at radius 2 is 2.31 bits per heavy atom. The van der Waals surface area contributed by atoms with Crippen LogP contribution in [0.3, 0.4) is 0 Å². The fraction of sp³-hybridized carbons (Fsp3) is 0.667. The van der Waals surface area contributed by atoms with Crippen LogP contribution in [0.4, 0.5) is 0 Å². The molecule has 0 N–H and O–H groups in total. The van der Waals surface area contributed by atoms with Gasteiger partial charge in [0.1, 0.15) is 5.78 Å². The standard InChI is InChI=1S/C9H14N2O2/c1-4-6(2)9-10-8(13-11-9)5-7(3)12/h6H,4-5H2,1-3H3. The molecule has 0 fully saturated rings. The van der Waals surface area contributed by atoms with Gasteiger partial charge in [-0.2, -0.15) is 4.98 Å². The largest absolute Gasteiger partial charge is 0.339 e. The second kappa shape index (κ2) is 4.16. The average molecular weight is 182 g/mol. The minimum atomic E-state index is 0.0411. The molecule has 72 valence electrons. The minimum absolute atomic E-state index is 0.0411. The molecular formula is C9H14N2O2. The molecule has 0 aromatic carbocycles. The van der Waals surface area contributed by atoms with Gasteiger partial charge in [0.2, 0.25) is 5.89 Å². The van der Waals surface area contributed by atoms with Gasteiger partial charge in [0, 0.05) is 5.92 Å². The van der Waals surface area contributed by atoms with Gasteiger partial charge in [-0.05, 0) is 13.3 Å². The predicted molar refractivity (Wildman–Crippen MR) is 47.4 cm³/mol. The first-order valence-corrected chi connectivity index (χ1v) is 4.45. The fourth-order valence-corrected chi connectivity index (χ4v) is 0.936. The second-order valence-corrected chi connectivity index (χ2v) is 3.23. The Bertz CT molecular complexity index is 294. The zero-order valence-electron chi connectivity index (χ0n) is 8.20. The summed E-state index contributed by atoms with van der Waals surface area (Å²) >= 11 is 0. The molecule has 1 rings (SSSR count). The van der Waals surface area contributed by atoms with Crippen molar-refractivity contribution in [3.63, 3.8) is 0 Å². The lowest BCUT2D eigenvalue weighted by molar-refractivity contribution is -0.116. The van der Waals surface area contributed by atoms with Crippen molar-refractivity contribution in [1.29, 1.82) is 0 Å². The fourth-order valence-electron chi connectivity index (χ4n) is 0.936. The SMILES string of the molecule is CCC(C)c1noc(CC(C)=O)n1. The number of aromatic nitrogens is 2. The van der Waals surface area contributed by atoms with E-state index in [0.717, 1.165) is 6.42 Å². The Balaban J connectivity index is 2.68. The number of carbonyl (C=O) groups is 1. The van der Waals surface area contributed by atoms with E-state index >= 15 is 0 Å². The first-order chi connectivity index (χ1) is 6.13. The Morgan fingerprint density at radius 1 is 1.62 bits per heavy atom. The molecule has 0 saturated heterocycles. The van der Waals surface area contributed by atoms with Gasteiger partial charge in [-0.15, -0.1) is 0 Å². The van der Waals surface area contributed by atoms with E-state index in [1.165, 1.54) is 6.92 Å². The molecule has 1 aromatic heterocycles. The smallest absolute Gasteiger partial charge is 0.234 e. The normalized spacial score (nSPS) is 12.8. The van der Waals surface area contributed by atoms with Crippen molar-refractivity contribution in [2.24, 2.45) is 0 Å². The van der Waals surface area contributed by atoms with Crippen LogP contribution in [0.1, 0.15) is 44.8 Å². The molecule has 0 aliphatic heterocycles. The highest BCUT2D eigenvalue weighted by Gasteiger charge is 2.12. The number of hydrogen-bond acceptors (Lipinski definition) is 4. The van der Waals surface area contributed by atoms with Gasteiger partial charge >= 0.3 is 0 Å². The van der Waals surface area contributed by atoms with Crippen molar-refractivity contribution in [2.45, 2.75) is 39.5 Å². The summed E-state index contributed by atoms with van der Waals surface area (Å²) in [6.45, 7) is 5.60. The monoisotopic (exact) mass is 182 g/mol. The first-order valence-electron chi connectivity index (χ1n) is 4.45. The van der Waals surface area contributed by atoms with Crippen molar-refractivity contribution < 1.29 is 9.32 Å². The summed E-state index contributed by atoms with van der Waals surface area (Å²) in [7, 11) is 0. The highest BCUT2D eigenvalue weighted by molar-refractivity contribution is 5.77. The summed E-state index contributed by atoms with van der Waals surface area (Å²) in [5.74, 6) is 1.45. The molecule has 0 aliphatic carbocycles. The van der Waals surface area contributed by atoms with Crippen LogP contribution in [0.2, 0.25) is 0 Å². The van der Waals surface area contributed by atoms with E-state index in [1.54, 1.807) is 0 Å². The van der Waals surface area contributed by atoms with Crippen LogP contribution in [-0.4, -0.2) is 15.9 Å². The molecule has 0 aliphatic rings. The predicted octanol–water partition coefficient (Wildman–Crippen LogP) is 1.71. The zero-order chi connectivity index (χ0) is 9.84. The van der Waals surface area contributed by atoms with Gasteiger partial charge in [-0.25, -0.2) is 0 Å². The molecule has 13 heavy (non-hydrogen) atoms. The zero-order valence-corrected chi connectivity index (χ0v) is 8.20. The van der Waals surface area contributed by atoms with Crippen molar-refractivity contribution >= 4 is 5.78 Å². The molecule has 1 heterocycles. The summed E-state index contributed by atoms with van der Waals surface area (Å²) in [5, 5.41) is 3.80. The van der Waals surface area contributed by atoms with Crippen molar-refractivity contribution in [1.82, 2.24) is 10.1 Å². The van der Waals surface area contributed by atoms with Crippen LogP contribution >= 0.6 is 0 Å². The second-order valence-electron chi connectivity index (χ2n) is 3.23. The Morgan fingerprint density at radius 3 is 2.85 bits per heavy atom. The first kappa shape index (κ1) is 9.89. The maximum atomic E-state index is 10.7. The molecule has 0 spiro atoms. The average Bonchev–Trinajstić information content (AvgIpc) is 2.50. The summed E-state index contributed by atoms with van der Waals surface area (Å²) in [4.78, 5) is 14.9. The lowest BCUT2D eigenvalue weighted by atomic mass is 10.1. The van der Waals surface area contributed by atoms with Gasteiger partial charge < -0.3 is 4.52 Å². The third-order valence-electron chi connectivity index (χ3n) is 1.94. The summed E-state index contributed by atoms with van der Waals surface area (Å²) in [6, 6.07) is 0. The molecular weight excluding hydrogens is 168 g/mol. The van der Waals surface area contributed by atoms with E-state index < -0.39 is 0 Å². The highest BCUT2D eigenvalue weighted by Crippen LogP contribution is 2.14. The van der Waals surface area contributed by atoms with Gasteiger partial charge in [0.15, 0.2) is 5.82 Å². The van der Waals surface area contributed by atoms with E-state index in [1.807, 2.05) is 6.92 Å². The number of nitrogens with zero attached hydrogens (tertiary/aromatic N) is 2. The lowest BCUT2D eigenvalue weighted by Crippen LogP contribution is -1.98. The molecule has 0 saturated carbocycles. The summed E-state index contributed by atoms with van der Waals surface area (Å²) < 4.78 is 4.92. The van der Waals surface area contributed by atoms with Crippen molar-refractivity contribution in [2.75, 3.05) is 0 Å². The quantitative estimate of drug-likeness (QED) is 0.711. The lowest BCUT2D eigenvalue weighted by Gasteiger charge is -1.98. The van der Waals surface area contributed by atoms with Crippen LogP contribution in [0, 0.1) is 0 Å². The Kier molecular flexibility index (Phi) is 3.17. The molecule has 4 nitrogen and oxygen atoms in total. The van der Waals surface area contributed by atoms with E-state index in [2.05, 4.69) is 17.1 Å². The van der Waals surface area contributed by atoms with Crippen LogP contribution < -0.4 is 0 Å². The van der Waals surface area contributed by atoms with Gasteiger partial charge in [-0.3, -0.25) is 4.79 Å². The van der Waals surface area contributed by atoms with Crippen LogP contribution in [0.25, 0.3) is 0 Å². The minimum Gasteiger partial charge on any atom is -0.339 e. The van der Waals surface area contributed by atoms with Crippen LogP contribution in [-0.2, 0) is 11.2 Å².